The van der Waals surface area contributed by atoms with Crippen LogP contribution in [0.5, 0.6) is 0 Å². The van der Waals surface area contributed by atoms with Crippen molar-refractivity contribution in [2.75, 3.05) is 6.54 Å². The summed E-state index contributed by atoms with van der Waals surface area (Å²) in [5.74, 6) is 0. The maximum atomic E-state index is 4.46. The monoisotopic (exact) mass is 381 g/mol. The fourth-order valence-corrected chi connectivity index (χ4v) is 2.51. The third-order valence-corrected chi connectivity index (χ3v) is 4.08. The van der Waals surface area contributed by atoms with Gasteiger partial charge in [-0.1, -0.05) is 0 Å². The van der Waals surface area contributed by atoms with Gasteiger partial charge in [-0.05, 0) is 0 Å². The van der Waals surface area contributed by atoms with E-state index in [0.29, 0.717) is 0 Å². The minimum atomic E-state index is 0.739. The van der Waals surface area contributed by atoms with Gasteiger partial charge in [0.2, 0.25) is 0 Å². The molecule has 1 rings (SSSR count). The van der Waals surface area contributed by atoms with Crippen LogP contribution in [0.15, 0.2) is 34.5 Å². The van der Waals surface area contributed by atoms with E-state index in [4.69, 9.17) is 0 Å². The molecule has 5 heteroatoms. The number of nitrogens with one attached hydrogen (secondary N) is 1. The van der Waals surface area contributed by atoms with Crippen LogP contribution >= 0.6 is 0 Å². The number of nitrogens with zero attached hydrogens (tertiary/aromatic N) is 3. The molecule has 0 amide bonds. The first-order valence-electron chi connectivity index (χ1n) is 8.67. The van der Waals surface area contributed by atoms with E-state index in [0.717, 1.165) is 29.1 Å². The van der Waals surface area contributed by atoms with Gasteiger partial charge in [0.1, 0.15) is 0 Å². The SMILES string of the molecule is CCCCCCCCCCN=C([Se])NN=C(C)c1ccccn1. The predicted molar refractivity (Wildman–Crippen MR) is 100 cm³/mol. The van der Waals surface area contributed by atoms with Gasteiger partial charge in [-0.2, -0.15) is 0 Å². The Kier molecular flexibility index (Phi) is 11.5. The van der Waals surface area contributed by atoms with Gasteiger partial charge >= 0.3 is 149 Å². The molecular formula is C18H29N4Se. The van der Waals surface area contributed by atoms with Gasteiger partial charge in [-0.3, -0.25) is 0 Å². The van der Waals surface area contributed by atoms with E-state index in [1.807, 2.05) is 25.1 Å². The Bertz CT molecular complexity index is 471. The zero-order valence-electron chi connectivity index (χ0n) is 14.4. The number of aromatic nitrogens is 1. The van der Waals surface area contributed by atoms with Crippen LogP contribution in [-0.4, -0.2) is 38.0 Å². The van der Waals surface area contributed by atoms with Crippen LogP contribution in [0.3, 0.4) is 0 Å². The summed E-state index contributed by atoms with van der Waals surface area (Å²) in [4.78, 5) is 8.72. The first-order valence-corrected chi connectivity index (χ1v) is 9.53. The molecule has 1 heterocycles. The molecule has 0 fully saturated rings. The molecule has 0 aliphatic rings. The van der Waals surface area contributed by atoms with Gasteiger partial charge in [-0.15, -0.1) is 0 Å². The van der Waals surface area contributed by atoms with Crippen LogP contribution in [0.2, 0.25) is 0 Å². The molecule has 0 bridgehead atoms. The van der Waals surface area contributed by atoms with Crippen LogP contribution in [0.1, 0.15) is 70.9 Å². The van der Waals surface area contributed by atoms with E-state index in [-0.39, 0.29) is 0 Å². The second kappa shape index (κ2) is 13.3. The average Bonchev–Trinajstić information content (AvgIpc) is 2.59. The van der Waals surface area contributed by atoms with Crippen molar-refractivity contribution in [1.82, 2.24) is 10.4 Å². The van der Waals surface area contributed by atoms with E-state index < -0.39 is 0 Å². The van der Waals surface area contributed by atoms with Gasteiger partial charge < -0.3 is 0 Å². The van der Waals surface area contributed by atoms with Crippen molar-refractivity contribution >= 4 is 26.5 Å². The van der Waals surface area contributed by atoms with Crippen molar-refractivity contribution < 1.29 is 0 Å². The Morgan fingerprint density at radius 3 is 2.43 bits per heavy atom. The number of rotatable bonds is 11. The molecule has 0 unspecified atom stereocenters. The van der Waals surface area contributed by atoms with Gasteiger partial charge in [0, 0.05) is 0 Å². The fourth-order valence-electron chi connectivity index (χ4n) is 2.23. The Morgan fingerprint density at radius 1 is 1.09 bits per heavy atom. The Hall–Kier alpha value is -1.19. The summed E-state index contributed by atoms with van der Waals surface area (Å²) in [6, 6.07) is 5.79. The molecule has 0 aliphatic carbocycles. The summed E-state index contributed by atoms with van der Waals surface area (Å²) in [5.41, 5.74) is 4.67. The Labute approximate surface area is 149 Å². The van der Waals surface area contributed by atoms with E-state index >= 15 is 0 Å². The number of amidine groups is 1. The summed E-state index contributed by atoms with van der Waals surface area (Å²) in [7, 11) is 0. The van der Waals surface area contributed by atoms with E-state index in [1.54, 1.807) is 6.20 Å². The normalized spacial score (nSPS) is 12.4. The molecule has 0 aliphatic heterocycles. The molecule has 0 atom stereocenters. The number of pyridine rings is 1. The minimum absolute atomic E-state index is 0.739. The van der Waals surface area contributed by atoms with Crippen molar-refractivity contribution in [2.24, 2.45) is 10.1 Å². The van der Waals surface area contributed by atoms with Crippen LogP contribution in [-0.2, 0) is 0 Å². The zero-order valence-corrected chi connectivity index (χ0v) is 16.1. The zero-order chi connectivity index (χ0) is 16.8. The second-order valence-electron chi connectivity index (χ2n) is 5.69. The van der Waals surface area contributed by atoms with Crippen LogP contribution < -0.4 is 5.43 Å². The molecule has 0 saturated heterocycles. The molecule has 23 heavy (non-hydrogen) atoms. The van der Waals surface area contributed by atoms with Crippen LogP contribution in [0, 0.1) is 0 Å². The molecule has 1 N–H and O–H groups in total. The summed E-state index contributed by atoms with van der Waals surface area (Å²) < 4.78 is 0.739. The summed E-state index contributed by atoms with van der Waals surface area (Å²) >= 11 is 2.92. The van der Waals surface area contributed by atoms with Crippen molar-refractivity contribution in [1.29, 1.82) is 0 Å². The molecule has 1 radical (unpaired) electrons. The van der Waals surface area contributed by atoms with Crippen molar-refractivity contribution in [3.05, 3.63) is 30.1 Å². The van der Waals surface area contributed by atoms with E-state index in [2.05, 4.69) is 43.4 Å². The molecule has 0 saturated carbocycles. The first kappa shape index (κ1) is 19.9. The van der Waals surface area contributed by atoms with Gasteiger partial charge in [0.15, 0.2) is 0 Å². The van der Waals surface area contributed by atoms with Crippen LogP contribution in [0.25, 0.3) is 0 Å². The number of hydrogen-bond donors (Lipinski definition) is 1. The standard InChI is InChI=1S/C18H29N4Se/c1-3-4-5-6-7-8-9-11-15-20-18(23)22-21-16(2)17-13-10-12-14-19-17/h10,12-14H,3-9,11,15H2,1-2H3,(H,20,22). The Morgan fingerprint density at radius 2 is 1.78 bits per heavy atom. The van der Waals surface area contributed by atoms with E-state index in [9.17, 15) is 0 Å². The van der Waals surface area contributed by atoms with Crippen LogP contribution in [0.4, 0.5) is 0 Å². The first-order chi connectivity index (χ1) is 11.2. The topological polar surface area (TPSA) is 49.6 Å². The molecular weight excluding hydrogens is 351 g/mol. The quantitative estimate of drug-likeness (QED) is 0.207. The maximum absolute atomic E-state index is 4.46. The van der Waals surface area contributed by atoms with Crippen molar-refractivity contribution in [2.45, 2.75) is 65.2 Å². The van der Waals surface area contributed by atoms with Crippen molar-refractivity contribution in [3.63, 3.8) is 0 Å². The van der Waals surface area contributed by atoms with Gasteiger partial charge in [0.05, 0.1) is 0 Å². The summed E-state index contributed by atoms with van der Waals surface area (Å²) in [6.45, 7) is 5.04. The van der Waals surface area contributed by atoms with Crippen molar-refractivity contribution in [3.8, 4) is 0 Å². The number of unbranched alkanes of at least 4 members (excludes halogenated alkanes) is 7. The van der Waals surface area contributed by atoms with E-state index in [1.165, 1.54) is 44.9 Å². The fraction of sp³-hybridized carbons (Fsp3) is 0.611. The average molecular weight is 380 g/mol. The molecule has 127 valence electrons. The number of hydrogen-bond acceptors (Lipinski definition) is 3. The molecule has 1 aromatic heterocycles. The molecule has 1 aromatic rings. The van der Waals surface area contributed by atoms with Gasteiger partial charge in [-0.25, -0.2) is 0 Å². The third kappa shape index (κ3) is 10.2. The molecule has 0 aromatic carbocycles. The van der Waals surface area contributed by atoms with Gasteiger partial charge in [0.25, 0.3) is 0 Å². The number of aliphatic imine (C=N–C) groups is 1. The summed E-state index contributed by atoms with van der Waals surface area (Å²) in [5, 5.41) is 4.29. The molecule has 0 spiro atoms. The second-order valence-corrected chi connectivity index (χ2v) is 6.50. The molecule has 4 nitrogen and oxygen atoms in total. The third-order valence-electron chi connectivity index (χ3n) is 3.62. The Balaban J connectivity index is 2.13. The summed E-state index contributed by atoms with van der Waals surface area (Å²) in [6.07, 6.45) is 12.3. The number of hydrazone groups is 1. The predicted octanol–water partition coefficient (Wildman–Crippen LogP) is 4.06.